The summed E-state index contributed by atoms with van der Waals surface area (Å²) in [6.45, 7) is 0.478. The third-order valence-electron chi connectivity index (χ3n) is 5.32. The zero-order valence-corrected chi connectivity index (χ0v) is 19.3. The Bertz CT molecular complexity index is 1010. The molecule has 2 aromatic rings. The lowest BCUT2D eigenvalue weighted by molar-refractivity contribution is -0.153. The molecule has 0 aliphatic carbocycles. The van der Waals surface area contributed by atoms with E-state index in [1.54, 1.807) is 0 Å². The summed E-state index contributed by atoms with van der Waals surface area (Å²) < 4.78 is 32.1. The minimum absolute atomic E-state index is 0.0302. The molecule has 1 aliphatic heterocycles. The van der Waals surface area contributed by atoms with Crippen LogP contribution in [0.25, 0.3) is 0 Å². The van der Waals surface area contributed by atoms with Crippen molar-refractivity contribution >= 4 is 33.5 Å². The maximum Gasteiger partial charge on any atom is 0.310 e. The van der Waals surface area contributed by atoms with Gasteiger partial charge in [0.25, 0.3) is 5.91 Å². The quantitative estimate of drug-likeness (QED) is 0.441. The second kappa shape index (κ2) is 11.4. The monoisotopic (exact) mass is 478 g/mol. The number of nitrogens with zero attached hydrogens (tertiary/aromatic N) is 1. The summed E-state index contributed by atoms with van der Waals surface area (Å²) >= 11 is 5.84. The van der Waals surface area contributed by atoms with Crippen molar-refractivity contribution in [2.24, 2.45) is 5.92 Å². The van der Waals surface area contributed by atoms with E-state index in [0.29, 0.717) is 31.0 Å². The van der Waals surface area contributed by atoms with Crippen LogP contribution in [0.5, 0.6) is 0 Å². The predicted octanol–water partition coefficient (Wildman–Crippen LogP) is 3.03. The number of sulfonamides is 1. The van der Waals surface area contributed by atoms with E-state index < -0.39 is 21.9 Å². The number of hydrogen-bond acceptors (Lipinski definition) is 5. The molecule has 0 bridgehead atoms. The van der Waals surface area contributed by atoms with Crippen molar-refractivity contribution in [2.45, 2.75) is 30.6 Å². The van der Waals surface area contributed by atoms with E-state index in [1.165, 1.54) is 34.1 Å². The van der Waals surface area contributed by atoms with Crippen LogP contribution in [0.4, 0.5) is 0 Å². The van der Waals surface area contributed by atoms with E-state index in [2.05, 4.69) is 5.32 Å². The maximum atomic E-state index is 12.8. The minimum Gasteiger partial charge on any atom is -0.455 e. The number of piperidine rings is 1. The van der Waals surface area contributed by atoms with Gasteiger partial charge in [0.1, 0.15) is 0 Å². The number of esters is 1. The van der Waals surface area contributed by atoms with Gasteiger partial charge in [0.15, 0.2) is 6.61 Å². The molecule has 1 unspecified atom stereocenters. The average molecular weight is 479 g/mol. The Morgan fingerprint density at radius 3 is 2.53 bits per heavy atom. The van der Waals surface area contributed by atoms with Crippen LogP contribution in [-0.2, 0) is 30.8 Å². The SMILES string of the molecule is O=C(COC(=O)C1CCCN(S(=O)(=O)c2ccc(Cl)cc2)C1)NCCCc1ccccc1. The number of halogens is 1. The number of hydrogen-bond donors (Lipinski definition) is 1. The van der Waals surface area contributed by atoms with Crippen molar-refractivity contribution in [1.82, 2.24) is 9.62 Å². The van der Waals surface area contributed by atoms with Crippen LogP contribution in [-0.4, -0.2) is 50.8 Å². The number of amides is 1. The zero-order chi connectivity index (χ0) is 23.0. The minimum atomic E-state index is -3.73. The van der Waals surface area contributed by atoms with Gasteiger partial charge in [0, 0.05) is 24.7 Å². The molecule has 1 saturated heterocycles. The Hall–Kier alpha value is -2.42. The van der Waals surface area contributed by atoms with Gasteiger partial charge in [-0.25, -0.2) is 8.42 Å². The van der Waals surface area contributed by atoms with Crippen molar-refractivity contribution in [3.05, 3.63) is 65.2 Å². The van der Waals surface area contributed by atoms with Crippen molar-refractivity contribution in [2.75, 3.05) is 26.2 Å². The Labute approximate surface area is 193 Å². The highest BCUT2D eigenvalue weighted by atomic mass is 35.5. The highest BCUT2D eigenvalue weighted by Gasteiger charge is 2.34. The molecule has 1 amide bonds. The molecule has 1 fully saturated rings. The first-order chi connectivity index (χ1) is 15.4. The molecule has 7 nitrogen and oxygen atoms in total. The first-order valence-electron chi connectivity index (χ1n) is 10.6. The van der Waals surface area contributed by atoms with Crippen LogP contribution in [0.15, 0.2) is 59.5 Å². The van der Waals surface area contributed by atoms with Gasteiger partial charge in [-0.3, -0.25) is 9.59 Å². The van der Waals surface area contributed by atoms with Crippen LogP contribution in [0.3, 0.4) is 0 Å². The fourth-order valence-electron chi connectivity index (χ4n) is 3.58. The summed E-state index contributed by atoms with van der Waals surface area (Å²) in [7, 11) is -3.73. The van der Waals surface area contributed by atoms with Crippen molar-refractivity contribution in [3.8, 4) is 0 Å². The fourth-order valence-corrected chi connectivity index (χ4v) is 5.23. The molecule has 32 heavy (non-hydrogen) atoms. The van der Waals surface area contributed by atoms with Crippen molar-refractivity contribution in [1.29, 1.82) is 0 Å². The Kier molecular flexibility index (Phi) is 8.67. The van der Waals surface area contributed by atoms with Gasteiger partial charge in [-0.05, 0) is 55.5 Å². The summed E-state index contributed by atoms with van der Waals surface area (Å²) in [6, 6.07) is 15.9. The van der Waals surface area contributed by atoms with E-state index in [0.717, 1.165) is 12.8 Å². The first-order valence-corrected chi connectivity index (χ1v) is 12.4. The van der Waals surface area contributed by atoms with Gasteiger partial charge in [-0.1, -0.05) is 41.9 Å². The van der Waals surface area contributed by atoms with Crippen LogP contribution in [0, 0.1) is 5.92 Å². The van der Waals surface area contributed by atoms with E-state index in [9.17, 15) is 18.0 Å². The molecule has 0 spiro atoms. The second-order valence-corrected chi connectivity index (χ2v) is 10.1. The van der Waals surface area contributed by atoms with E-state index in [4.69, 9.17) is 16.3 Å². The molecule has 0 saturated carbocycles. The third kappa shape index (κ3) is 6.79. The van der Waals surface area contributed by atoms with Gasteiger partial charge < -0.3 is 10.1 Å². The number of carbonyl (C=O) groups is 2. The summed E-state index contributed by atoms with van der Waals surface area (Å²) in [5.41, 5.74) is 1.20. The number of ether oxygens (including phenoxy) is 1. The van der Waals surface area contributed by atoms with Crippen LogP contribution >= 0.6 is 11.6 Å². The average Bonchev–Trinajstić information content (AvgIpc) is 2.81. The second-order valence-electron chi connectivity index (χ2n) is 7.70. The van der Waals surface area contributed by atoms with Gasteiger partial charge in [-0.15, -0.1) is 0 Å². The number of rotatable bonds is 9. The Morgan fingerprint density at radius 2 is 1.81 bits per heavy atom. The Morgan fingerprint density at radius 1 is 1.09 bits per heavy atom. The molecule has 1 aliphatic rings. The number of aryl methyl sites for hydroxylation is 1. The molecule has 2 aromatic carbocycles. The lowest BCUT2D eigenvalue weighted by Crippen LogP contribution is -2.43. The largest absolute Gasteiger partial charge is 0.455 e. The van der Waals surface area contributed by atoms with Gasteiger partial charge in [-0.2, -0.15) is 4.31 Å². The summed E-state index contributed by atoms with van der Waals surface area (Å²) in [5, 5.41) is 3.18. The number of nitrogens with one attached hydrogen (secondary N) is 1. The molecular weight excluding hydrogens is 452 g/mol. The van der Waals surface area contributed by atoms with Gasteiger partial charge in [0.05, 0.1) is 10.8 Å². The van der Waals surface area contributed by atoms with Crippen LogP contribution < -0.4 is 5.32 Å². The molecule has 1 atom stereocenters. The summed E-state index contributed by atoms with van der Waals surface area (Å²) in [4.78, 5) is 24.5. The van der Waals surface area contributed by atoms with Crippen molar-refractivity contribution in [3.63, 3.8) is 0 Å². The summed E-state index contributed by atoms with van der Waals surface area (Å²) in [5.74, 6) is -1.52. The highest BCUT2D eigenvalue weighted by molar-refractivity contribution is 7.89. The Balaban J connectivity index is 1.42. The fraction of sp³-hybridized carbons (Fsp3) is 0.391. The lowest BCUT2D eigenvalue weighted by Gasteiger charge is -2.30. The summed E-state index contributed by atoms with van der Waals surface area (Å²) in [6.07, 6.45) is 2.69. The van der Waals surface area contributed by atoms with Crippen LogP contribution in [0.1, 0.15) is 24.8 Å². The van der Waals surface area contributed by atoms with E-state index in [1.807, 2.05) is 30.3 Å². The molecule has 1 N–H and O–H groups in total. The standard InChI is InChI=1S/C23H27ClN2O5S/c24-20-10-12-21(13-11-20)32(29,30)26-15-5-9-19(16-26)23(28)31-17-22(27)25-14-4-8-18-6-2-1-3-7-18/h1-3,6-7,10-13,19H,4-5,8-9,14-17H2,(H,25,27). The topological polar surface area (TPSA) is 92.8 Å². The molecule has 9 heteroatoms. The van der Waals surface area contributed by atoms with Crippen molar-refractivity contribution < 1.29 is 22.7 Å². The highest BCUT2D eigenvalue weighted by Crippen LogP contribution is 2.25. The van der Waals surface area contributed by atoms with Gasteiger partial charge >= 0.3 is 5.97 Å². The number of carbonyl (C=O) groups excluding carboxylic acids is 2. The predicted molar refractivity (Wildman–Crippen MR) is 122 cm³/mol. The van der Waals surface area contributed by atoms with Crippen LogP contribution in [0.2, 0.25) is 5.02 Å². The third-order valence-corrected chi connectivity index (χ3v) is 7.45. The molecular formula is C23H27ClN2O5S. The lowest BCUT2D eigenvalue weighted by atomic mass is 10.00. The van der Waals surface area contributed by atoms with E-state index >= 15 is 0 Å². The van der Waals surface area contributed by atoms with Gasteiger partial charge in [0.2, 0.25) is 10.0 Å². The van der Waals surface area contributed by atoms with E-state index in [-0.39, 0.29) is 24.0 Å². The number of benzene rings is 2. The normalized spacial score (nSPS) is 17.0. The molecule has 1 heterocycles. The zero-order valence-electron chi connectivity index (χ0n) is 17.7. The molecule has 3 rings (SSSR count). The molecule has 0 aromatic heterocycles. The smallest absolute Gasteiger partial charge is 0.310 e. The molecule has 0 radical (unpaired) electrons. The molecule has 172 valence electrons. The first kappa shape index (κ1) is 24.2. The maximum absolute atomic E-state index is 12.8.